The Kier molecular flexibility index (Phi) is 6.61. The van der Waals surface area contributed by atoms with Crippen LogP contribution in [0, 0.1) is 12.8 Å². The summed E-state index contributed by atoms with van der Waals surface area (Å²) in [4.78, 5) is 36.6. The molecule has 3 N–H and O–H groups in total. The van der Waals surface area contributed by atoms with E-state index in [0.29, 0.717) is 24.1 Å². The van der Waals surface area contributed by atoms with E-state index in [1.807, 2.05) is 45.0 Å². The maximum Gasteiger partial charge on any atom is 0.251 e. The molecule has 0 aromatic heterocycles. The first kappa shape index (κ1) is 21.2. The summed E-state index contributed by atoms with van der Waals surface area (Å²) in [6.45, 7) is 5.69. The van der Waals surface area contributed by atoms with Crippen LogP contribution in [0.25, 0.3) is 0 Å². The van der Waals surface area contributed by atoms with Crippen LogP contribution in [0.1, 0.15) is 48.2 Å². The van der Waals surface area contributed by atoms with Crippen LogP contribution in [-0.2, 0) is 9.59 Å². The van der Waals surface area contributed by atoms with Crippen molar-refractivity contribution < 1.29 is 14.4 Å². The van der Waals surface area contributed by atoms with Gasteiger partial charge in [0.1, 0.15) is 6.04 Å². The molecule has 1 heterocycles. The number of hydrazone groups is 1. The van der Waals surface area contributed by atoms with Gasteiger partial charge in [-0.15, -0.1) is 0 Å². The quantitative estimate of drug-likeness (QED) is 0.688. The molecule has 3 rings (SSSR count). The number of nitrogens with one attached hydrogen (secondary N) is 3. The van der Waals surface area contributed by atoms with E-state index in [9.17, 15) is 14.4 Å². The molecule has 0 unspecified atom stereocenters. The second-order valence-corrected chi connectivity index (χ2v) is 7.72. The average Bonchev–Trinajstić information content (AvgIpc) is 2.72. The third kappa shape index (κ3) is 5.31. The Morgan fingerprint density at radius 2 is 1.80 bits per heavy atom. The predicted molar refractivity (Wildman–Crippen MR) is 116 cm³/mol. The highest BCUT2D eigenvalue weighted by Gasteiger charge is 2.25. The second-order valence-electron chi connectivity index (χ2n) is 7.72. The molecule has 2 aromatic rings. The van der Waals surface area contributed by atoms with Gasteiger partial charge in [0.25, 0.3) is 5.91 Å². The second kappa shape index (κ2) is 9.35. The lowest BCUT2D eigenvalue weighted by Crippen LogP contribution is -2.47. The zero-order valence-corrected chi connectivity index (χ0v) is 17.4. The van der Waals surface area contributed by atoms with E-state index < -0.39 is 6.04 Å². The van der Waals surface area contributed by atoms with Crippen molar-refractivity contribution in [3.05, 3.63) is 65.2 Å². The van der Waals surface area contributed by atoms with Gasteiger partial charge in [-0.1, -0.05) is 43.7 Å². The number of benzene rings is 2. The number of anilines is 1. The molecular weight excluding hydrogens is 380 g/mol. The number of carbonyl (C=O) groups excluding carboxylic acids is 3. The number of nitrogens with zero attached hydrogens (tertiary/aromatic N) is 1. The van der Waals surface area contributed by atoms with E-state index >= 15 is 0 Å². The topological polar surface area (TPSA) is 99.7 Å². The first-order valence-corrected chi connectivity index (χ1v) is 9.97. The van der Waals surface area contributed by atoms with Gasteiger partial charge in [-0.2, -0.15) is 5.10 Å². The normalized spacial score (nSPS) is 14.5. The van der Waals surface area contributed by atoms with Crippen LogP contribution in [0.4, 0.5) is 5.69 Å². The Morgan fingerprint density at radius 3 is 2.40 bits per heavy atom. The van der Waals surface area contributed by atoms with Gasteiger partial charge in [-0.3, -0.25) is 14.4 Å². The Hall–Kier alpha value is -3.48. The molecule has 3 amide bonds. The van der Waals surface area contributed by atoms with E-state index in [4.69, 9.17) is 0 Å². The van der Waals surface area contributed by atoms with E-state index in [1.165, 1.54) is 0 Å². The third-order valence-electron chi connectivity index (χ3n) is 4.91. The fourth-order valence-corrected chi connectivity index (χ4v) is 3.19. The van der Waals surface area contributed by atoms with Crippen molar-refractivity contribution in [3.8, 4) is 0 Å². The van der Waals surface area contributed by atoms with E-state index in [2.05, 4.69) is 21.2 Å². The molecule has 30 heavy (non-hydrogen) atoms. The van der Waals surface area contributed by atoms with Gasteiger partial charge in [-0.05, 0) is 42.7 Å². The van der Waals surface area contributed by atoms with Gasteiger partial charge in [0, 0.05) is 24.1 Å². The number of hydrogen-bond donors (Lipinski definition) is 3. The Morgan fingerprint density at radius 1 is 1.07 bits per heavy atom. The van der Waals surface area contributed by atoms with Gasteiger partial charge in [0.05, 0.1) is 5.71 Å². The fourth-order valence-electron chi connectivity index (χ4n) is 3.19. The molecule has 1 aliphatic heterocycles. The summed E-state index contributed by atoms with van der Waals surface area (Å²) in [5, 5.41) is 9.78. The van der Waals surface area contributed by atoms with E-state index in [0.717, 1.165) is 16.8 Å². The third-order valence-corrected chi connectivity index (χ3v) is 4.91. The molecule has 0 bridgehead atoms. The molecule has 0 saturated carbocycles. The first-order valence-electron chi connectivity index (χ1n) is 9.97. The summed E-state index contributed by atoms with van der Waals surface area (Å²) >= 11 is 0. The van der Waals surface area contributed by atoms with Crippen LogP contribution >= 0.6 is 0 Å². The zero-order valence-electron chi connectivity index (χ0n) is 17.4. The van der Waals surface area contributed by atoms with Crippen LogP contribution in [0.3, 0.4) is 0 Å². The number of amides is 3. The number of rotatable bonds is 6. The van der Waals surface area contributed by atoms with Crippen molar-refractivity contribution in [2.45, 2.75) is 39.7 Å². The number of hydrogen-bond acceptors (Lipinski definition) is 4. The first-order chi connectivity index (χ1) is 14.3. The van der Waals surface area contributed by atoms with Gasteiger partial charge >= 0.3 is 0 Å². The highest BCUT2D eigenvalue weighted by Crippen LogP contribution is 2.16. The summed E-state index contributed by atoms with van der Waals surface area (Å²) < 4.78 is 0. The van der Waals surface area contributed by atoms with E-state index in [1.54, 1.807) is 24.3 Å². The highest BCUT2D eigenvalue weighted by molar-refractivity contribution is 6.05. The number of carbonyl (C=O) groups is 3. The average molecular weight is 406 g/mol. The summed E-state index contributed by atoms with van der Waals surface area (Å²) in [7, 11) is 0. The Labute approximate surface area is 175 Å². The monoisotopic (exact) mass is 406 g/mol. The minimum absolute atomic E-state index is 0.0850. The smallest absolute Gasteiger partial charge is 0.251 e. The van der Waals surface area contributed by atoms with Gasteiger partial charge in [-0.25, -0.2) is 5.43 Å². The predicted octanol–water partition coefficient (Wildman–Crippen LogP) is 3.00. The van der Waals surface area contributed by atoms with Crippen molar-refractivity contribution in [1.29, 1.82) is 0 Å². The van der Waals surface area contributed by atoms with Crippen LogP contribution < -0.4 is 16.1 Å². The summed E-state index contributed by atoms with van der Waals surface area (Å²) in [6.07, 6.45) is 0.992. The van der Waals surface area contributed by atoms with Crippen molar-refractivity contribution >= 4 is 29.1 Å². The molecule has 0 fully saturated rings. The SMILES string of the molecule is Cc1cccc(C(=O)N[C@@H](C(=O)Nc2ccc(C3=NNC(=O)CC3)cc2)C(C)C)c1. The summed E-state index contributed by atoms with van der Waals surface area (Å²) in [5.74, 6) is -0.727. The zero-order chi connectivity index (χ0) is 21.7. The molecule has 156 valence electrons. The fraction of sp³-hybridized carbons (Fsp3) is 0.304. The molecule has 0 saturated heterocycles. The Balaban J connectivity index is 1.66. The summed E-state index contributed by atoms with van der Waals surface area (Å²) in [6, 6.07) is 13.8. The molecule has 7 nitrogen and oxygen atoms in total. The minimum atomic E-state index is -0.671. The Bertz CT molecular complexity index is 980. The number of aryl methyl sites for hydroxylation is 1. The van der Waals surface area contributed by atoms with Crippen LogP contribution in [0.5, 0.6) is 0 Å². The van der Waals surface area contributed by atoms with Crippen LogP contribution in [-0.4, -0.2) is 29.5 Å². The highest BCUT2D eigenvalue weighted by atomic mass is 16.2. The van der Waals surface area contributed by atoms with Crippen molar-refractivity contribution in [3.63, 3.8) is 0 Å². The largest absolute Gasteiger partial charge is 0.340 e. The molecule has 0 spiro atoms. The summed E-state index contributed by atoms with van der Waals surface area (Å²) in [5.41, 5.74) is 6.31. The minimum Gasteiger partial charge on any atom is -0.340 e. The molecule has 1 atom stereocenters. The lowest BCUT2D eigenvalue weighted by Gasteiger charge is -2.22. The molecule has 7 heteroatoms. The van der Waals surface area contributed by atoms with Crippen molar-refractivity contribution in [2.24, 2.45) is 11.0 Å². The molecule has 0 aliphatic carbocycles. The molecule has 0 radical (unpaired) electrons. The van der Waals surface area contributed by atoms with Crippen LogP contribution in [0.2, 0.25) is 0 Å². The van der Waals surface area contributed by atoms with Crippen LogP contribution in [0.15, 0.2) is 53.6 Å². The van der Waals surface area contributed by atoms with Crippen molar-refractivity contribution in [1.82, 2.24) is 10.7 Å². The van der Waals surface area contributed by atoms with Gasteiger partial charge in [0.15, 0.2) is 0 Å². The molecule has 2 aromatic carbocycles. The van der Waals surface area contributed by atoms with Gasteiger partial charge < -0.3 is 10.6 Å². The molecular formula is C23H26N4O3. The van der Waals surface area contributed by atoms with Gasteiger partial charge in [0.2, 0.25) is 11.8 Å². The molecule has 1 aliphatic rings. The maximum atomic E-state index is 12.8. The lowest BCUT2D eigenvalue weighted by molar-refractivity contribution is -0.121. The lowest BCUT2D eigenvalue weighted by atomic mass is 10.0. The van der Waals surface area contributed by atoms with E-state index in [-0.39, 0.29) is 23.6 Å². The standard InChI is InChI=1S/C23H26N4O3/c1-14(2)21(25-22(29)17-6-4-5-15(3)13-17)23(30)24-18-9-7-16(8-10-18)19-11-12-20(28)27-26-19/h4-10,13-14,21H,11-12H2,1-3H3,(H,24,30)(H,25,29)(H,27,28)/t21-/m1/s1. The van der Waals surface area contributed by atoms with Crippen molar-refractivity contribution in [2.75, 3.05) is 5.32 Å². The maximum absolute atomic E-state index is 12.8.